The third kappa shape index (κ3) is 7.21. The van der Waals surface area contributed by atoms with Crippen LogP contribution in [0.15, 0.2) is 4.99 Å². The topological polar surface area (TPSA) is 66.8 Å². The molecule has 2 rings (SSSR count). The van der Waals surface area contributed by atoms with E-state index in [1.54, 1.807) is 11.3 Å². The summed E-state index contributed by atoms with van der Waals surface area (Å²) in [6.07, 6.45) is 3.72. The van der Waals surface area contributed by atoms with Crippen LogP contribution >= 0.6 is 35.3 Å². The molecule has 1 aromatic heterocycles. The molecule has 1 aliphatic rings. The molecule has 2 heterocycles. The number of guanidine groups is 1. The number of halogens is 1. The molecule has 0 aliphatic carbocycles. The van der Waals surface area contributed by atoms with Crippen LogP contribution in [0.2, 0.25) is 0 Å². The van der Waals surface area contributed by atoms with Crippen LogP contribution in [-0.2, 0) is 22.4 Å². The Bertz CT molecular complexity index is 621. The van der Waals surface area contributed by atoms with Gasteiger partial charge in [0.1, 0.15) is 0 Å². The minimum absolute atomic E-state index is 0. The van der Waals surface area contributed by atoms with E-state index in [0.29, 0.717) is 19.7 Å². The average molecular weight is 508 g/mol. The van der Waals surface area contributed by atoms with Crippen molar-refractivity contribution in [3.05, 3.63) is 15.6 Å². The number of rotatable bonds is 7. The van der Waals surface area contributed by atoms with E-state index in [4.69, 9.17) is 14.7 Å². The van der Waals surface area contributed by atoms with E-state index in [0.717, 1.165) is 49.7 Å². The van der Waals surface area contributed by atoms with E-state index in [-0.39, 0.29) is 35.9 Å². The first-order valence-electron chi connectivity index (χ1n) is 9.74. The molecule has 27 heavy (non-hydrogen) atoms. The van der Waals surface area contributed by atoms with Gasteiger partial charge in [0.05, 0.1) is 23.2 Å². The number of nitrogens with one attached hydrogen (secondary N) is 1. The zero-order valence-electron chi connectivity index (χ0n) is 16.9. The predicted molar refractivity (Wildman–Crippen MR) is 122 cm³/mol. The van der Waals surface area contributed by atoms with Crippen molar-refractivity contribution in [3.8, 4) is 0 Å². The van der Waals surface area contributed by atoms with Gasteiger partial charge in [-0.1, -0.05) is 6.92 Å². The molecule has 154 valence electrons. The lowest BCUT2D eigenvalue weighted by Gasteiger charge is -2.34. The Labute approximate surface area is 184 Å². The molecule has 0 saturated carbocycles. The van der Waals surface area contributed by atoms with Gasteiger partial charge in [0.2, 0.25) is 0 Å². The Kier molecular flexibility index (Phi) is 11.2. The van der Waals surface area contributed by atoms with Crippen LogP contribution in [0, 0.1) is 12.8 Å². The van der Waals surface area contributed by atoms with Crippen LogP contribution in [-0.4, -0.2) is 54.6 Å². The number of aryl methyl sites for hydroxylation is 2. The normalized spacial score (nSPS) is 17.4. The van der Waals surface area contributed by atoms with Gasteiger partial charge in [0, 0.05) is 37.5 Å². The van der Waals surface area contributed by atoms with E-state index in [1.165, 1.54) is 10.6 Å². The molecule has 1 aliphatic heterocycles. The monoisotopic (exact) mass is 508 g/mol. The maximum atomic E-state index is 12.1. The zero-order valence-corrected chi connectivity index (χ0v) is 20.1. The van der Waals surface area contributed by atoms with Gasteiger partial charge in [-0.15, -0.1) is 35.3 Å². The summed E-state index contributed by atoms with van der Waals surface area (Å²) in [6, 6.07) is 0. The van der Waals surface area contributed by atoms with Crippen molar-refractivity contribution in [2.45, 2.75) is 53.4 Å². The van der Waals surface area contributed by atoms with Gasteiger partial charge in [0.25, 0.3) is 0 Å². The zero-order chi connectivity index (χ0) is 18.9. The number of nitrogens with zero attached hydrogens (tertiary/aromatic N) is 3. The summed E-state index contributed by atoms with van der Waals surface area (Å²) in [5.74, 6) is 0.755. The second-order valence-corrected chi connectivity index (χ2v) is 7.77. The summed E-state index contributed by atoms with van der Waals surface area (Å²) < 4.78 is 5.20. The van der Waals surface area contributed by atoms with Crippen molar-refractivity contribution in [3.63, 3.8) is 0 Å². The highest BCUT2D eigenvalue weighted by molar-refractivity contribution is 14.0. The number of carbonyl (C=O) groups excluding carboxylic acids is 1. The number of likely N-dealkylation sites (tertiary alicyclic amines) is 1. The second kappa shape index (κ2) is 12.5. The maximum absolute atomic E-state index is 12.1. The summed E-state index contributed by atoms with van der Waals surface area (Å²) in [6.45, 7) is 11.8. The highest BCUT2D eigenvalue weighted by Gasteiger charge is 2.28. The van der Waals surface area contributed by atoms with Crippen molar-refractivity contribution in [1.29, 1.82) is 0 Å². The van der Waals surface area contributed by atoms with E-state index >= 15 is 0 Å². The van der Waals surface area contributed by atoms with Crippen molar-refractivity contribution in [1.82, 2.24) is 15.2 Å². The first-order valence-corrected chi connectivity index (χ1v) is 10.6. The van der Waals surface area contributed by atoms with Crippen molar-refractivity contribution in [2.24, 2.45) is 10.9 Å². The summed E-state index contributed by atoms with van der Waals surface area (Å²) in [4.78, 5) is 25.1. The standard InChI is InChI=1S/C19H32N4O2S.HI/c1-5-16-14(4)26-17(22-16)10-11-21-19(20-6-2)23-12-8-9-15(13-23)18(24)25-7-3;/h15H,5-13H2,1-4H3,(H,20,21);1H. The van der Waals surface area contributed by atoms with Gasteiger partial charge >= 0.3 is 5.97 Å². The number of thiazole rings is 1. The van der Waals surface area contributed by atoms with Crippen molar-refractivity contribution >= 4 is 47.2 Å². The Morgan fingerprint density at radius 1 is 1.41 bits per heavy atom. The van der Waals surface area contributed by atoms with E-state index in [9.17, 15) is 4.79 Å². The van der Waals surface area contributed by atoms with E-state index in [2.05, 4.69) is 31.0 Å². The van der Waals surface area contributed by atoms with Crippen LogP contribution < -0.4 is 5.32 Å². The van der Waals surface area contributed by atoms with Crippen LogP contribution in [0.5, 0.6) is 0 Å². The average Bonchev–Trinajstić information content (AvgIpc) is 3.01. The molecule has 1 atom stereocenters. The number of esters is 1. The Morgan fingerprint density at radius 2 is 2.19 bits per heavy atom. The third-order valence-corrected chi connectivity index (χ3v) is 5.61. The van der Waals surface area contributed by atoms with Gasteiger partial charge in [-0.2, -0.15) is 0 Å². The van der Waals surface area contributed by atoms with Gasteiger partial charge in [-0.05, 0) is 40.0 Å². The number of aromatic nitrogens is 1. The molecule has 8 heteroatoms. The number of aliphatic imine (C=N–C) groups is 1. The summed E-state index contributed by atoms with van der Waals surface area (Å²) in [5, 5.41) is 4.52. The molecule has 1 aromatic rings. The SMILES string of the molecule is CCNC(=NCCc1nc(CC)c(C)s1)N1CCCC(C(=O)OCC)C1.I. The predicted octanol–water partition coefficient (Wildman–Crippen LogP) is 3.42. The first-order chi connectivity index (χ1) is 12.6. The molecule has 1 unspecified atom stereocenters. The fraction of sp³-hybridized carbons (Fsp3) is 0.737. The molecule has 0 radical (unpaired) electrons. The van der Waals surface area contributed by atoms with E-state index in [1.807, 2.05) is 6.92 Å². The molecule has 0 amide bonds. The second-order valence-electron chi connectivity index (χ2n) is 6.49. The summed E-state index contributed by atoms with van der Waals surface area (Å²) in [7, 11) is 0. The number of hydrogen-bond acceptors (Lipinski definition) is 5. The molecule has 0 spiro atoms. The van der Waals surface area contributed by atoms with Gasteiger partial charge in [-0.25, -0.2) is 4.98 Å². The summed E-state index contributed by atoms with van der Waals surface area (Å²) >= 11 is 1.77. The van der Waals surface area contributed by atoms with Crippen LogP contribution in [0.3, 0.4) is 0 Å². The Balaban J connectivity index is 0.00000364. The highest BCUT2D eigenvalue weighted by atomic mass is 127. The number of ether oxygens (including phenoxy) is 1. The molecule has 1 fully saturated rings. The molecule has 0 bridgehead atoms. The van der Waals surface area contributed by atoms with Crippen LogP contribution in [0.25, 0.3) is 0 Å². The Hall–Kier alpha value is -0.900. The number of hydrogen-bond donors (Lipinski definition) is 1. The van der Waals surface area contributed by atoms with Gasteiger partial charge in [0.15, 0.2) is 5.96 Å². The molecule has 6 nitrogen and oxygen atoms in total. The minimum Gasteiger partial charge on any atom is -0.466 e. The van der Waals surface area contributed by atoms with Crippen LogP contribution in [0.1, 0.15) is 49.2 Å². The lowest BCUT2D eigenvalue weighted by molar-refractivity contribution is -0.149. The lowest BCUT2D eigenvalue weighted by atomic mass is 9.98. The van der Waals surface area contributed by atoms with Crippen molar-refractivity contribution < 1.29 is 9.53 Å². The number of piperidine rings is 1. The molecule has 1 saturated heterocycles. The molecule has 0 aromatic carbocycles. The number of carbonyl (C=O) groups is 1. The molecular formula is C19H33IN4O2S. The third-order valence-electron chi connectivity index (χ3n) is 4.53. The highest BCUT2D eigenvalue weighted by Crippen LogP contribution is 2.19. The van der Waals surface area contributed by atoms with Crippen LogP contribution in [0.4, 0.5) is 0 Å². The first kappa shape index (κ1) is 24.1. The largest absolute Gasteiger partial charge is 0.466 e. The maximum Gasteiger partial charge on any atom is 0.310 e. The van der Waals surface area contributed by atoms with Gasteiger partial charge in [-0.3, -0.25) is 9.79 Å². The molecular weight excluding hydrogens is 475 g/mol. The summed E-state index contributed by atoms with van der Waals surface area (Å²) in [5.41, 5.74) is 1.20. The molecule has 1 N–H and O–H groups in total. The smallest absolute Gasteiger partial charge is 0.310 e. The van der Waals surface area contributed by atoms with E-state index < -0.39 is 0 Å². The lowest BCUT2D eigenvalue weighted by Crippen LogP contribution is -2.48. The fourth-order valence-electron chi connectivity index (χ4n) is 3.23. The minimum atomic E-state index is -0.0848. The fourth-order valence-corrected chi connectivity index (χ4v) is 4.24. The Morgan fingerprint density at radius 3 is 2.81 bits per heavy atom. The van der Waals surface area contributed by atoms with Crippen molar-refractivity contribution in [2.75, 3.05) is 32.8 Å². The quantitative estimate of drug-likeness (QED) is 0.265. The van der Waals surface area contributed by atoms with Gasteiger partial charge < -0.3 is 15.0 Å².